The Morgan fingerprint density at radius 3 is 2.88 bits per heavy atom. The number of aromatic nitrogens is 1. The molecule has 2 rings (SSSR count). The summed E-state index contributed by atoms with van der Waals surface area (Å²) in [7, 11) is 0. The van der Waals surface area contributed by atoms with E-state index >= 15 is 0 Å². The molecule has 16 heavy (non-hydrogen) atoms. The van der Waals surface area contributed by atoms with E-state index in [0.29, 0.717) is 15.7 Å². The zero-order valence-corrected chi connectivity index (χ0v) is 9.42. The summed E-state index contributed by atoms with van der Waals surface area (Å²) in [4.78, 5) is 15.2. The second-order valence-electron chi connectivity index (χ2n) is 2.94. The molecule has 82 valence electrons. The minimum Gasteiger partial charge on any atom is -0.438 e. The molecule has 0 saturated heterocycles. The summed E-state index contributed by atoms with van der Waals surface area (Å²) in [6.45, 7) is 0. The topological polar surface area (TPSA) is 55.1 Å². The van der Waals surface area contributed by atoms with Crippen LogP contribution in [0.4, 0.5) is 5.69 Å². The molecule has 0 aliphatic carbocycles. The Bertz CT molecular complexity index is 512. The third-order valence-corrected chi connectivity index (χ3v) is 2.40. The number of amides is 1. The molecule has 4 nitrogen and oxygen atoms in total. The zero-order valence-electron chi connectivity index (χ0n) is 7.91. The van der Waals surface area contributed by atoms with Crippen LogP contribution in [0.5, 0.6) is 0 Å². The zero-order chi connectivity index (χ0) is 11.5. The van der Waals surface area contributed by atoms with Crippen LogP contribution in [0.1, 0.15) is 10.6 Å². The maximum Gasteiger partial charge on any atom is 0.293 e. The van der Waals surface area contributed by atoms with Crippen molar-refractivity contribution in [3.05, 3.63) is 46.6 Å². The summed E-state index contributed by atoms with van der Waals surface area (Å²) >= 11 is 11.7. The van der Waals surface area contributed by atoms with Gasteiger partial charge in [0, 0.05) is 5.02 Å². The first-order valence-corrected chi connectivity index (χ1v) is 5.07. The summed E-state index contributed by atoms with van der Waals surface area (Å²) in [5, 5.41) is 3.45. The van der Waals surface area contributed by atoms with Crippen LogP contribution >= 0.6 is 23.2 Å². The molecule has 0 bridgehead atoms. The molecule has 0 spiro atoms. The lowest BCUT2D eigenvalue weighted by Crippen LogP contribution is -2.11. The fourth-order valence-corrected chi connectivity index (χ4v) is 1.44. The molecule has 1 aromatic carbocycles. The molecule has 0 radical (unpaired) electrons. The standard InChI is InChI=1S/C10H6Cl2N2O2/c11-6-1-2-7(12)8(3-6)14-10(15)9-4-13-5-16-9/h1-5H,(H,14,15). The number of oxazole rings is 1. The van der Waals surface area contributed by atoms with Gasteiger partial charge in [-0.15, -0.1) is 0 Å². The average molecular weight is 257 g/mol. The molecule has 1 aromatic heterocycles. The van der Waals surface area contributed by atoms with Gasteiger partial charge in [-0.1, -0.05) is 23.2 Å². The maximum absolute atomic E-state index is 11.6. The number of carbonyl (C=O) groups excluding carboxylic acids is 1. The van der Waals surface area contributed by atoms with Crippen molar-refractivity contribution in [1.29, 1.82) is 0 Å². The van der Waals surface area contributed by atoms with Gasteiger partial charge in [0.25, 0.3) is 5.91 Å². The maximum atomic E-state index is 11.6. The number of benzene rings is 1. The largest absolute Gasteiger partial charge is 0.438 e. The van der Waals surface area contributed by atoms with E-state index in [9.17, 15) is 4.79 Å². The van der Waals surface area contributed by atoms with Crippen LogP contribution in [0.3, 0.4) is 0 Å². The van der Waals surface area contributed by atoms with E-state index in [-0.39, 0.29) is 5.76 Å². The van der Waals surface area contributed by atoms with Gasteiger partial charge in [-0.3, -0.25) is 4.79 Å². The molecule has 0 fully saturated rings. The van der Waals surface area contributed by atoms with Gasteiger partial charge in [-0.25, -0.2) is 4.98 Å². The van der Waals surface area contributed by atoms with E-state index in [1.165, 1.54) is 12.6 Å². The number of hydrogen-bond donors (Lipinski definition) is 1. The lowest BCUT2D eigenvalue weighted by Gasteiger charge is -2.05. The van der Waals surface area contributed by atoms with Gasteiger partial charge in [0.15, 0.2) is 6.39 Å². The first-order valence-electron chi connectivity index (χ1n) is 4.32. The highest BCUT2D eigenvalue weighted by Gasteiger charge is 2.11. The van der Waals surface area contributed by atoms with Gasteiger partial charge in [-0.05, 0) is 18.2 Å². The lowest BCUT2D eigenvalue weighted by atomic mass is 10.3. The SMILES string of the molecule is O=C(Nc1cc(Cl)ccc1Cl)c1cnco1. The van der Waals surface area contributed by atoms with Crippen LogP contribution in [-0.2, 0) is 0 Å². The highest BCUT2D eigenvalue weighted by Crippen LogP contribution is 2.25. The number of halogens is 2. The van der Waals surface area contributed by atoms with E-state index in [1.807, 2.05) is 0 Å². The van der Waals surface area contributed by atoms with Crippen LogP contribution in [0.2, 0.25) is 10.0 Å². The van der Waals surface area contributed by atoms with Gasteiger partial charge in [0.1, 0.15) is 0 Å². The van der Waals surface area contributed by atoms with Gasteiger partial charge >= 0.3 is 0 Å². The molecule has 0 saturated carbocycles. The molecule has 0 unspecified atom stereocenters. The van der Waals surface area contributed by atoms with Gasteiger partial charge in [-0.2, -0.15) is 0 Å². The fraction of sp³-hybridized carbons (Fsp3) is 0. The monoisotopic (exact) mass is 256 g/mol. The summed E-state index contributed by atoms with van der Waals surface area (Å²) in [6, 6.07) is 4.78. The molecular weight excluding hydrogens is 251 g/mol. The van der Waals surface area contributed by atoms with E-state index in [1.54, 1.807) is 18.2 Å². The normalized spacial score (nSPS) is 10.1. The van der Waals surface area contributed by atoms with E-state index in [4.69, 9.17) is 27.6 Å². The second kappa shape index (κ2) is 4.55. The predicted molar refractivity (Wildman–Crippen MR) is 60.9 cm³/mol. The predicted octanol–water partition coefficient (Wildman–Crippen LogP) is 3.23. The Morgan fingerprint density at radius 2 is 2.19 bits per heavy atom. The Hall–Kier alpha value is -1.52. The number of nitrogens with one attached hydrogen (secondary N) is 1. The van der Waals surface area contributed by atoms with Crippen molar-refractivity contribution in [2.24, 2.45) is 0 Å². The van der Waals surface area contributed by atoms with Crippen LogP contribution in [0.15, 0.2) is 35.2 Å². The van der Waals surface area contributed by atoms with Crippen LogP contribution < -0.4 is 5.32 Å². The van der Waals surface area contributed by atoms with Crippen molar-refractivity contribution < 1.29 is 9.21 Å². The smallest absolute Gasteiger partial charge is 0.293 e. The highest BCUT2D eigenvalue weighted by atomic mass is 35.5. The number of carbonyl (C=O) groups is 1. The molecule has 0 atom stereocenters. The molecule has 1 N–H and O–H groups in total. The van der Waals surface area contributed by atoms with Crippen molar-refractivity contribution in [3.63, 3.8) is 0 Å². The van der Waals surface area contributed by atoms with Crippen molar-refractivity contribution in [1.82, 2.24) is 4.98 Å². The quantitative estimate of drug-likeness (QED) is 0.898. The minimum absolute atomic E-state index is 0.107. The number of anilines is 1. The van der Waals surface area contributed by atoms with Gasteiger partial charge < -0.3 is 9.73 Å². The van der Waals surface area contributed by atoms with Crippen LogP contribution in [0, 0.1) is 0 Å². The van der Waals surface area contributed by atoms with E-state index < -0.39 is 5.91 Å². The fourth-order valence-electron chi connectivity index (χ4n) is 1.11. The Labute approximate surface area is 101 Å². The third-order valence-electron chi connectivity index (χ3n) is 1.83. The molecule has 1 amide bonds. The molecule has 6 heteroatoms. The van der Waals surface area contributed by atoms with Crippen molar-refractivity contribution in [2.75, 3.05) is 5.32 Å². The third kappa shape index (κ3) is 2.35. The number of rotatable bonds is 2. The Kier molecular flexibility index (Phi) is 3.12. The van der Waals surface area contributed by atoms with Crippen LogP contribution in [0.25, 0.3) is 0 Å². The number of nitrogens with zero attached hydrogens (tertiary/aromatic N) is 1. The molecular formula is C10H6Cl2N2O2. The first kappa shape index (κ1) is 11.0. The van der Waals surface area contributed by atoms with Crippen LogP contribution in [-0.4, -0.2) is 10.9 Å². The first-order chi connectivity index (χ1) is 7.66. The molecule has 0 aliphatic rings. The molecule has 1 heterocycles. The summed E-state index contributed by atoms with van der Waals surface area (Å²) in [6.07, 6.45) is 2.49. The molecule has 2 aromatic rings. The molecule has 0 aliphatic heterocycles. The highest BCUT2D eigenvalue weighted by molar-refractivity contribution is 6.35. The van der Waals surface area contributed by atoms with Gasteiger partial charge in [0.05, 0.1) is 16.9 Å². The summed E-state index contributed by atoms with van der Waals surface area (Å²) in [5.41, 5.74) is 0.426. The summed E-state index contributed by atoms with van der Waals surface area (Å²) < 4.78 is 4.84. The van der Waals surface area contributed by atoms with Crippen molar-refractivity contribution >= 4 is 34.8 Å². The number of hydrogen-bond acceptors (Lipinski definition) is 3. The summed E-state index contributed by atoms with van der Waals surface area (Å²) in [5.74, 6) is -0.322. The van der Waals surface area contributed by atoms with E-state index in [2.05, 4.69) is 10.3 Å². The Morgan fingerprint density at radius 1 is 1.38 bits per heavy atom. The average Bonchev–Trinajstić information content (AvgIpc) is 2.76. The van der Waals surface area contributed by atoms with Crippen molar-refractivity contribution in [3.8, 4) is 0 Å². The van der Waals surface area contributed by atoms with E-state index in [0.717, 1.165) is 0 Å². The Balaban J connectivity index is 2.21. The lowest BCUT2D eigenvalue weighted by molar-refractivity contribution is 0.0996. The van der Waals surface area contributed by atoms with Crippen molar-refractivity contribution in [2.45, 2.75) is 0 Å². The second-order valence-corrected chi connectivity index (χ2v) is 3.79. The van der Waals surface area contributed by atoms with Gasteiger partial charge in [0.2, 0.25) is 5.76 Å². The minimum atomic E-state index is -0.429.